The quantitative estimate of drug-likeness (QED) is 0.520. The van der Waals surface area contributed by atoms with Gasteiger partial charge in [-0.1, -0.05) is 0 Å². The Morgan fingerprint density at radius 2 is 1.91 bits per heavy atom. The standard InChI is InChI=1S/C7H6ClN3/c8-11-10-7-3-1-6(5-9)2-4-7/h1-4,10-11H. The molecule has 0 saturated heterocycles. The largest absolute Gasteiger partial charge is 0.308 e. The fraction of sp³-hybridized carbons (Fsp3) is 0. The zero-order valence-electron chi connectivity index (χ0n) is 5.63. The molecular formula is C7H6ClN3. The van der Waals surface area contributed by atoms with Crippen molar-refractivity contribution in [2.45, 2.75) is 0 Å². The molecule has 0 aromatic heterocycles. The van der Waals surface area contributed by atoms with E-state index in [1.165, 1.54) is 0 Å². The number of rotatable bonds is 2. The SMILES string of the molecule is N#Cc1ccc(NNCl)cc1. The van der Waals surface area contributed by atoms with Crippen LogP contribution in [0.25, 0.3) is 0 Å². The third kappa shape index (κ3) is 2.11. The molecule has 0 aliphatic carbocycles. The molecule has 0 bridgehead atoms. The highest BCUT2D eigenvalue weighted by Gasteiger charge is 1.89. The van der Waals surface area contributed by atoms with E-state index < -0.39 is 0 Å². The van der Waals surface area contributed by atoms with Crippen molar-refractivity contribution < 1.29 is 0 Å². The summed E-state index contributed by atoms with van der Waals surface area (Å²) in [7, 11) is 0. The average molecular weight is 168 g/mol. The molecule has 0 atom stereocenters. The first kappa shape index (κ1) is 7.86. The first-order chi connectivity index (χ1) is 5.36. The van der Waals surface area contributed by atoms with Crippen LogP contribution >= 0.6 is 11.8 Å². The van der Waals surface area contributed by atoms with Crippen molar-refractivity contribution in [2.75, 3.05) is 5.43 Å². The van der Waals surface area contributed by atoms with E-state index in [9.17, 15) is 0 Å². The van der Waals surface area contributed by atoms with Crippen molar-refractivity contribution in [2.24, 2.45) is 0 Å². The van der Waals surface area contributed by atoms with E-state index in [-0.39, 0.29) is 0 Å². The number of benzene rings is 1. The summed E-state index contributed by atoms with van der Waals surface area (Å²) in [6.45, 7) is 0. The first-order valence-corrected chi connectivity index (χ1v) is 3.36. The summed E-state index contributed by atoms with van der Waals surface area (Å²) < 4.78 is 0. The Kier molecular flexibility index (Phi) is 2.73. The summed E-state index contributed by atoms with van der Waals surface area (Å²) in [4.78, 5) is 2.26. The van der Waals surface area contributed by atoms with Crippen LogP contribution in [0.3, 0.4) is 0 Å². The van der Waals surface area contributed by atoms with Crippen molar-refractivity contribution in [3.05, 3.63) is 29.8 Å². The molecule has 0 radical (unpaired) electrons. The number of halogens is 1. The van der Waals surface area contributed by atoms with Crippen LogP contribution < -0.4 is 10.4 Å². The van der Waals surface area contributed by atoms with Crippen molar-refractivity contribution in [1.82, 2.24) is 4.94 Å². The topological polar surface area (TPSA) is 47.9 Å². The molecule has 0 heterocycles. The van der Waals surface area contributed by atoms with Crippen LogP contribution in [0, 0.1) is 11.3 Å². The monoisotopic (exact) mass is 167 g/mol. The van der Waals surface area contributed by atoms with Crippen molar-refractivity contribution in [3.63, 3.8) is 0 Å². The van der Waals surface area contributed by atoms with E-state index in [0.717, 1.165) is 5.69 Å². The molecule has 4 heteroatoms. The van der Waals surface area contributed by atoms with E-state index >= 15 is 0 Å². The zero-order chi connectivity index (χ0) is 8.10. The maximum absolute atomic E-state index is 8.45. The minimum Gasteiger partial charge on any atom is -0.308 e. The molecule has 0 saturated carbocycles. The molecule has 2 N–H and O–H groups in total. The summed E-state index contributed by atoms with van der Waals surface area (Å²) in [5.41, 5.74) is 4.11. The van der Waals surface area contributed by atoms with Gasteiger partial charge in [-0.15, -0.1) is 4.94 Å². The smallest absolute Gasteiger partial charge is 0.0991 e. The number of hydrogen-bond acceptors (Lipinski definition) is 3. The summed E-state index contributed by atoms with van der Waals surface area (Å²) in [5, 5.41) is 8.45. The molecule has 11 heavy (non-hydrogen) atoms. The molecule has 0 unspecified atom stereocenters. The van der Waals surface area contributed by atoms with Gasteiger partial charge in [0.25, 0.3) is 0 Å². The molecule has 56 valence electrons. The van der Waals surface area contributed by atoms with Crippen LogP contribution in [0.15, 0.2) is 24.3 Å². The average Bonchev–Trinajstić information content (AvgIpc) is 2.07. The Labute approximate surface area is 69.7 Å². The van der Waals surface area contributed by atoms with Crippen LogP contribution in [0.5, 0.6) is 0 Å². The van der Waals surface area contributed by atoms with E-state index in [2.05, 4.69) is 10.4 Å². The van der Waals surface area contributed by atoms with Gasteiger partial charge in [-0.3, -0.25) is 0 Å². The Morgan fingerprint density at radius 3 is 2.36 bits per heavy atom. The lowest BCUT2D eigenvalue weighted by atomic mass is 10.2. The third-order valence-electron chi connectivity index (χ3n) is 1.21. The van der Waals surface area contributed by atoms with Gasteiger partial charge in [0.05, 0.1) is 17.3 Å². The fourth-order valence-electron chi connectivity index (χ4n) is 0.683. The Balaban J connectivity index is 2.76. The van der Waals surface area contributed by atoms with E-state index in [1.807, 2.05) is 6.07 Å². The van der Waals surface area contributed by atoms with Gasteiger partial charge in [-0.2, -0.15) is 5.26 Å². The molecule has 1 aromatic carbocycles. The second-order valence-electron chi connectivity index (χ2n) is 1.91. The summed E-state index contributed by atoms with van der Waals surface area (Å²) in [6.07, 6.45) is 0. The Bertz CT molecular complexity index is 262. The van der Waals surface area contributed by atoms with E-state index in [4.69, 9.17) is 17.0 Å². The predicted molar refractivity (Wildman–Crippen MR) is 43.8 cm³/mol. The number of nitrogens with one attached hydrogen (secondary N) is 2. The number of hydrogen-bond donors (Lipinski definition) is 2. The summed E-state index contributed by atoms with van der Waals surface area (Å²) >= 11 is 5.18. The Morgan fingerprint density at radius 1 is 1.27 bits per heavy atom. The number of nitrogens with zero attached hydrogens (tertiary/aromatic N) is 1. The molecule has 0 fully saturated rings. The number of nitriles is 1. The lowest BCUT2D eigenvalue weighted by Crippen LogP contribution is -2.07. The lowest BCUT2D eigenvalue weighted by molar-refractivity contribution is 1.20. The van der Waals surface area contributed by atoms with Crippen LogP contribution in [0.2, 0.25) is 0 Å². The van der Waals surface area contributed by atoms with Gasteiger partial charge in [-0.05, 0) is 36.0 Å². The summed E-state index contributed by atoms with van der Waals surface area (Å²) in [6, 6.07) is 8.94. The summed E-state index contributed by atoms with van der Waals surface area (Å²) in [5.74, 6) is 0. The number of hydrazine groups is 1. The lowest BCUT2D eigenvalue weighted by Gasteiger charge is -2.00. The second kappa shape index (κ2) is 3.81. The molecule has 0 spiro atoms. The van der Waals surface area contributed by atoms with Crippen molar-refractivity contribution in [3.8, 4) is 6.07 Å². The van der Waals surface area contributed by atoms with Gasteiger partial charge < -0.3 is 5.43 Å². The highest BCUT2D eigenvalue weighted by atomic mass is 35.5. The van der Waals surface area contributed by atoms with Crippen LogP contribution in [-0.4, -0.2) is 0 Å². The van der Waals surface area contributed by atoms with Crippen LogP contribution in [0.1, 0.15) is 5.56 Å². The van der Waals surface area contributed by atoms with Crippen LogP contribution in [-0.2, 0) is 0 Å². The maximum atomic E-state index is 8.45. The Hall–Kier alpha value is -1.24. The first-order valence-electron chi connectivity index (χ1n) is 2.98. The van der Waals surface area contributed by atoms with Gasteiger partial charge in [-0.25, -0.2) is 0 Å². The van der Waals surface area contributed by atoms with Crippen LogP contribution in [0.4, 0.5) is 5.69 Å². The minimum absolute atomic E-state index is 0.630. The molecule has 1 aromatic rings. The molecule has 3 nitrogen and oxygen atoms in total. The molecule has 1 rings (SSSR count). The van der Waals surface area contributed by atoms with E-state index in [1.54, 1.807) is 24.3 Å². The fourth-order valence-corrected chi connectivity index (χ4v) is 0.792. The van der Waals surface area contributed by atoms with Gasteiger partial charge in [0.15, 0.2) is 0 Å². The van der Waals surface area contributed by atoms with E-state index in [0.29, 0.717) is 5.56 Å². The normalized spacial score (nSPS) is 8.73. The van der Waals surface area contributed by atoms with Gasteiger partial charge in [0, 0.05) is 0 Å². The number of anilines is 1. The predicted octanol–water partition coefficient (Wildman–Crippen LogP) is 1.63. The molecule has 0 amide bonds. The van der Waals surface area contributed by atoms with Gasteiger partial charge >= 0.3 is 0 Å². The van der Waals surface area contributed by atoms with Gasteiger partial charge in [0.2, 0.25) is 0 Å². The highest BCUT2D eigenvalue weighted by Crippen LogP contribution is 2.06. The van der Waals surface area contributed by atoms with Crippen molar-refractivity contribution in [1.29, 1.82) is 5.26 Å². The maximum Gasteiger partial charge on any atom is 0.0991 e. The van der Waals surface area contributed by atoms with Crippen molar-refractivity contribution >= 4 is 17.5 Å². The molecule has 0 aliphatic rings. The second-order valence-corrected chi connectivity index (χ2v) is 2.10. The molecule has 0 aliphatic heterocycles. The zero-order valence-corrected chi connectivity index (χ0v) is 6.39. The van der Waals surface area contributed by atoms with Gasteiger partial charge in [0.1, 0.15) is 0 Å². The third-order valence-corrected chi connectivity index (χ3v) is 1.30. The highest BCUT2D eigenvalue weighted by molar-refractivity contribution is 6.13. The minimum atomic E-state index is 0.630. The molecular weight excluding hydrogens is 162 g/mol.